The van der Waals surface area contributed by atoms with E-state index in [1.54, 1.807) is 36.6 Å². The molecule has 2 aromatic heterocycles. The first-order valence-electron chi connectivity index (χ1n) is 11.1. The molecule has 0 radical (unpaired) electrons. The first-order valence-corrected chi connectivity index (χ1v) is 14.2. The van der Waals surface area contributed by atoms with Crippen LogP contribution in [0.2, 0.25) is 5.02 Å². The number of rotatable bonds is 10. The highest BCUT2D eigenvalue weighted by Crippen LogP contribution is 2.34. The first kappa shape index (κ1) is 25.9. The summed E-state index contributed by atoms with van der Waals surface area (Å²) in [6.07, 6.45) is 4.64. The second kappa shape index (κ2) is 11.3. The van der Waals surface area contributed by atoms with Crippen LogP contribution >= 0.6 is 22.9 Å². The third kappa shape index (κ3) is 6.73. The summed E-state index contributed by atoms with van der Waals surface area (Å²) in [5.41, 5.74) is 2.69. The van der Waals surface area contributed by atoms with Crippen LogP contribution in [0.25, 0.3) is 16.1 Å². The number of para-hydroxylation sites is 1. The zero-order chi connectivity index (χ0) is 25.7. The fourth-order valence-electron chi connectivity index (χ4n) is 3.63. The third-order valence-corrected chi connectivity index (χ3v) is 7.93. The van der Waals surface area contributed by atoms with Crippen molar-refractivity contribution in [2.24, 2.45) is 0 Å². The molecule has 0 fully saturated rings. The Labute approximate surface area is 220 Å². The van der Waals surface area contributed by atoms with Gasteiger partial charge >= 0.3 is 0 Å². The monoisotopic (exact) mass is 539 g/mol. The molecule has 4 rings (SSSR count). The van der Waals surface area contributed by atoms with Gasteiger partial charge in [0.15, 0.2) is 9.84 Å². The molecule has 2 heterocycles. The lowest BCUT2D eigenvalue weighted by atomic mass is 10.2. The van der Waals surface area contributed by atoms with Crippen LogP contribution in [0.15, 0.2) is 94.4 Å². The van der Waals surface area contributed by atoms with Crippen LogP contribution in [-0.2, 0) is 16.4 Å². The van der Waals surface area contributed by atoms with Gasteiger partial charge in [0.05, 0.1) is 39.0 Å². The maximum absolute atomic E-state index is 12.0. The van der Waals surface area contributed by atoms with Gasteiger partial charge in [0.2, 0.25) is 0 Å². The predicted molar refractivity (Wildman–Crippen MR) is 149 cm³/mol. The zero-order valence-corrected chi connectivity index (χ0v) is 22.3. The van der Waals surface area contributed by atoms with E-state index in [0.717, 1.165) is 32.5 Å². The summed E-state index contributed by atoms with van der Waals surface area (Å²) in [7, 11) is -1.37. The molecule has 0 spiro atoms. The highest BCUT2D eigenvalue weighted by Gasteiger charge is 2.14. The number of anilines is 1. The van der Waals surface area contributed by atoms with Gasteiger partial charge in [-0.2, -0.15) is 0 Å². The quantitative estimate of drug-likeness (QED) is 0.220. The number of hydrogen-bond acceptors (Lipinski definition) is 7. The highest BCUT2D eigenvalue weighted by atomic mass is 35.5. The van der Waals surface area contributed by atoms with Crippen LogP contribution in [-0.4, -0.2) is 38.9 Å². The van der Waals surface area contributed by atoms with Gasteiger partial charge in [-0.05, 0) is 67.2 Å². The van der Waals surface area contributed by atoms with Crippen LogP contribution in [0.4, 0.5) is 5.69 Å². The zero-order valence-electron chi connectivity index (χ0n) is 19.9. The van der Waals surface area contributed by atoms with Crippen LogP contribution in [0, 0.1) is 5.41 Å². The lowest BCUT2D eigenvalue weighted by Crippen LogP contribution is -2.24. The molecule has 36 heavy (non-hydrogen) atoms. The molecule has 0 amide bonds. The molecule has 0 aliphatic rings. The summed E-state index contributed by atoms with van der Waals surface area (Å²) in [6, 6.07) is 22.0. The molecule has 0 saturated heterocycles. The third-order valence-electron chi connectivity index (χ3n) is 5.33. The Morgan fingerprint density at radius 3 is 2.64 bits per heavy atom. The smallest absolute Gasteiger partial charge is 0.175 e. The molecule has 0 atom stereocenters. The topological polar surface area (TPSA) is 86.4 Å². The van der Waals surface area contributed by atoms with E-state index in [1.165, 1.54) is 17.6 Å². The maximum Gasteiger partial charge on any atom is 0.175 e. The summed E-state index contributed by atoms with van der Waals surface area (Å²) >= 11 is 7.91. The Hall–Kier alpha value is -3.17. The number of halogens is 1. The number of benzene rings is 2. The van der Waals surface area contributed by atoms with Crippen molar-refractivity contribution >= 4 is 49.9 Å². The largest absolute Gasteiger partial charge is 0.468 e. The van der Waals surface area contributed by atoms with E-state index in [1.807, 2.05) is 60.5 Å². The Kier molecular flexibility index (Phi) is 8.11. The number of furan rings is 1. The Morgan fingerprint density at radius 1 is 1.11 bits per heavy atom. The molecule has 0 aliphatic heterocycles. The van der Waals surface area contributed by atoms with Gasteiger partial charge in [-0.3, -0.25) is 4.90 Å². The molecule has 6 nitrogen and oxygen atoms in total. The Balaban J connectivity index is 1.62. The maximum atomic E-state index is 12.0. The predicted octanol–water partition coefficient (Wildman–Crippen LogP) is 6.67. The number of sulfone groups is 1. The normalized spacial score (nSPS) is 12.2. The van der Waals surface area contributed by atoms with Crippen molar-refractivity contribution in [3.05, 3.63) is 101 Å². The fraction of sp³-hybridized carbons (Fsp3) is 0.148. The highest BCUT2D eigenvalue weighted by molar-refractivity contribution is 7.90. The molecule has 186 valence electrons. The Bertz CT molecular complexity index is 1490. The van der Waals surface area contributed by atoms with Gasteiger partial charge in [0.25, 0.3) is 0 Å². The van der Waals surface area contributed by atoms with Crippen LogP contribution in [0.5, 0.6) is 0 Å². The molecule has 0 unspecified atom stereocenters. The van der Waals surface area contributed by atoms with Crippen molar-refractivity contribution < 1.29 is 12.8 Å². The van der Waals surface area contributed by atoms with E-state index in [4.69, 9.17) is 21.4 Å². The van der Waals surface area contributed by atoms with Gasteiger partial charge in [-0.25, -0.2) is 8.42 Å². The van der Waals surface area contributed by atoms with Crippen molar-refractivity contribution in [3.63, 3.8) is 0 Å². The molecular weight excluding hydrogens is 514 g/mol. The SMILES string of the molecule is CN(CC(=N)/C=C(\Nc1ccccc1Cl)c1ccc(-c2cccc(S(C)(=O)=O)c2)s1)Cc1ccco1. The molecule has 9 heteroatoms. The molecule has 2 aromatic carbocycles. The van der Waals surface area contributed by atoms with E-state index < -0.39 is 9.84 Å². The summed E-state index contributed by atoms with van der Waals surface area (Å²) in [6.45, 7) is 1.01. The minimum absolute atomic E-state index is 0.279. The minimum Gasteiger partial charge on any atom is -0.468 e. The lowest BCUT2D eigenvalue weighted by Gasteiger charge is -2.16. The average Bonchev–Trinajstić information content (AvgIpc) is 3.52. The first-order chi connectivity index (χ1) is 17.2. The summed E-state index contributed by atoms with van der Waals surface area (Å²) in [5, 5.41) is 12.6. The number of nitrogens with zero attached hydrogens (tertiary/aromatic N) is 1. The standard InChI is InChI=1S/C27H26ClN3O3S2/c1-31(18-21-8-6-14-34-21)17-20(29)16-25(30-24-11-4-3-10-23(24)28)27-13-12-26(35-27)19-7-5-9-22(15-19)36(2,32)33/h3-16,29-30H,17-18H2,1-2H3/b25-16-,29-20?. The second-order valence-electron chi connectivity index (χ2n) is 8.40. The van der Waals surface area contributed by atoms with Crippen molar-refractivity contribution in [3.8, 4) is 10.4 Å². The summed E-state index contributed by atoms with van der Waals surface area (Å²) in [5.74, 6) is 0.836. The summed E-state index contributed by atoms with van der Waals surface area (Å²) < 4.78 is 29.4. The van der Waals surface area contributed by atoms with Crippen molar-refractivity contribution in [1.29, 1.82) is 5.41 Å². The summed E-state index contributed by atoms with van der Waals surface area (Å²) in [4.78, 5) is 4.10. The van der Waals surface area contributed by atoms with Gasteiger partial charge < -0.3 is 15.1 Å². The van der Waals surface area contributed by atoms with Crippen molar-refractivity contribution in [2.45, 2.75) is 11.4 Å². The van der Waals surface area contributed by atoms with Gasteiger partial charge in [0.1, 0.15) is 5.76 Å². The number of nitrogens with one attached hydrogen (secondary N) is 2. The molecular formula is C27H26ClN3O3S2. The minimum atomic E-state index is -3.31. The van der Waals surface area contributed by atoms with Crippen LogP contribution in [0.1, 0.15) is 10.6 Å². The van der Waals surface area contributed by atoms with E-state index in [9.17, 15) is 8.42 Å². The van der Waals surface area contributed by atoms with Gasteiger partial charge in [0, 0.05) is 23.4 Å². The second-order valence-corrected chi connectivity index (χ2v) is 11.9. The van der Waals surface area contributed by atoms with Crippen molar-refractivity contribution in [1.82, 2.24) is 4.90 Å². The van der Waals surface area contributed by atoms with E-state index >= 15 is 0 Å². The van der Waals surface area contributed by atoms with Crippen LogP contribution < -0.4 is 5.32 Å². The molecule has 0 aliphatic carbocycles. The average molecular weight is 540 g/mol. The fourth-order valence-corrected chi connectivity index (χ4v) is 5.45. The molecule has 4 aromatic rings. The molecule has 2 N–H and O–H groups in total. The van der Waals surface area contributed by atoms with E-state index in [-0.39, 0.29) is 4.90 Å². The molecule has 0 bridgehead atoms. The lowest BCUT2D eigenvalue weighted by molar-refractivity contribution is 0.330. The van der Waals surface area contributed by atoms with Crippen molar-refractivity contribution in [2.75, 3.05) is 25.2 Å². The van der Waals surface area contributed by atoms with Crippen LogP contribution in [0.3, 0.4) is 0 Å². The van der Waals surface area contributed by atoms with E-state index in [2.05, 4.69) is 5.32 Å². The van der Waals surface area contributed by atoms with Gasteiger partial charge in [-0.15, -0.1) is 11.3 Å². The molecule has 0 saturated carbocycles. The Morgan fingerprint density at radius 2 is 1.92 bits per heavy atom. The number of thiophene rings is 1. The van der Waals surface area contributed by atoms with E-state index in [0.29, 0.717) is 23.8 Å². The number of hydrogen-bond donors (Lipinski definition) is 2. The van der Waals surface area contributed by atoms with Gasteiger partial charge in [-0.1, -0.05) is 35.9 Å².